The summed E-state index contributed by atoms with van der Waals surface area (Å²) < 4.78 is 0. The summed E-state index contributed by atoms with van der Waals surface area (Å²) in [5.41, 5.74) is 0.617. The van der Waals surface area contributed by atoms with Crippen molar-refractivity contribution >= 4 is 0 Å². The van der Waals surface area contributed by atoms with Gasteiger partial charge in [0.1, 0.15) is 0 Å². The van der Waals surface area contributed by atoms with Crippen LogP contribution < -0.4 is 0 Å². The Morgan fingerprint density at radius 2 is 1.62 bits per heavy atom. The third kappa shape index (κ3) is 2.27. The number of hydrogen-bond donors (Lipinski definition) is 0. The molecule has 0 nitrogen and oxygen atoms in total. The van der Waals surface area contributed by atoms with Gasteiger partial charge in [0.2, 0.25) is 0 Å². The molecule has 1 saturated carbocycles. The molecule has 78 valence electrons. The Bertz CT molecular complexity index is 147. The van der Waals surface area contributed by atoms with Gasteiger partial charge < -0.3 is 0 Å². The van der Waals surface area contributed by atoms with E-state index < -0.39 is 0 Å². The van der Waals surface area contributed by atoms with E-state index in [9.17, 15) is 0 Å². The fourth-order valence-electron chi connectivity index (χ4n) is 3.16. The first-order valence-corrected chi connectivity index (χ1v) is 5.97. The molecule has 0 aliphatic heterocycles. The van der Waals surface area contributed by atoms with Crippen LogP contribution in [0.3, 0.4) is 0 Å². The van der Waals surface area contributed by atoms with Gasteiger partial charge in [-0.15, -0.1) is 0 Å². The Morgan fingerprint density at radius 1 is 1.15 bits per heavy atom. The van der Waals surface area contributed by atoms with Crippen molar-refractivity contribution in [2.75, 3.05) is 0 Å². The van der Waals surface area contributed by atoms with Crippen LogP contribution in [0.25, 0.3) is 0 Å². The highest BCUT2D eigenvalue weighted by Gasteiger charge is 2.39. The van der Waals surface area contributed by atoms with E-state index in [-0.39, 0.29) is 0 Å². The molecule has 0 aromatic rings. The molecule has 0 aromatic carbocycles. The molecule has 0 spiro atoms. The highest BCUT2D eigenvalue weighted by molar-refractivity contribution is 4.89. The Hall–Kier alpha value is 0. The van der Waals surface area contributed by atoms with Crippen molar-refractivity contribution < 1.29 is 0 Å². The summed E-state index contributed by atoms with van der Waals surface area (Å²) in [7, 11) is 0. The van der Waals surface area contributed by atoms with Crippen LogP contribution in [0.15, 0.2) is 0 Å². The molecule has 0 heterocycles. The first kappa shape index (κ1) is 11.1. The lowest BCUT2D eigenvalue weighted by Crippen LogP contribution is -2.37. The van der Waals surface area contributed by atoms with E-state index in [2.05, 4.69) is 34.6 Å². The Balaban J connectivity index is 2.69. The predicted octanol–water partition coefficient (Wildman–Crippen LogP) is 4.49. The minimum absolute atomic E-state index is 0.617. The van der Waals surface area contributed by atoms with Crippen LogP contribution in [0.2, 0.25) is 0 Å². The molecular weight excluding hydrogens is 156 g/mol. The van der Waals surface area contributed by atoms with E-state index in [0.29, 0.717) is 5.41 Å². The molecule has 13 heavy (non-hydrogen) atoms. The fourth-order valence-corrected chi connectivity index (χ4v) is 3.16. The van der Waals surface area contributed by atoms with Crippen LogP contribution in [0, 0.1) is 23.2 Å². The molecule has 0 radical (unpaired) electrons. The zero-order valence-corrected chi connectivity index (χ0v) is 10.1. The lowest BCUT2D eigenvalue weighted by molar-refractivity contribution is 0.0393. The van der Waals surface area contributed by atoms with Crippen LogP contribution in [-0.2, 0) is 0 Å². The summed E-state index contributed by atoms with van der Waals surface area (Å²) >= 11 is 0. The van der Waals surface area contributed by atoms with Crippen LogP contribution in [0.1, 0.15) is 60.3 Å². The van der Waals surface area contributed by atoms with Crippen molar-refractivity contribution in [3.63, 3.8) is 0 Å². The van der Waals surface area contributed by atoms with Crippen molar-refractivity contribution in [1.29, 1.82) is 0 Å². The fraction of sp³-hybridized carbons (Fsp3) is 1.00. The number of rotatable bonds is 2. The maximum absolute atomic E-state index is 2.52. The Kier molecular flexibility index (Phi) is 3.43. The average molecular weight is 182 g/mol. The lowest BCUT2D eigenvalue weighted by atomic mass is 9.59. The van der Waals surface area contributed by atoms with E-state index >= 15 is 0 Å². The van der Waals surface area contributed by atoms with Gasteiger partial charge in [-0.2, -0.15) is 0 Å². The van der Waals surface area contributed by atoms with Gasteiger partial charge >= 0.3 is 0 Å². The molecule has 0 N–H and O–H groups in total. The third-order valence-corrected chi connectivity index (χ3v) is 4.37. The first-order chi connectivity index (χ1) is 5.97. The minimum Gasteiger partial charge on any atom is -0.0628 e. The van der Waals surface area contributed by atoms with Crippen molar-refractivity contribution in [3.8, 4) is 0 Å². The Labute approximate surface area is 84.1 Å². The van der Waals surface area contributed by atoms with Gasteiger partial charge in [-0.3, -0.25) is 0 Å². The Morgan fingerprint density at radius 3 is 2.00 bits per heavy atom. The summed E-state index contributed by atoms with van der Waals surface area (Å²) in [6.07, 6.45) is 5.77. The standard InChI is InChI=1S/C13H26/c1-10(2)9-13(5)11(3)7-6-8-12(13)4/h10-12H,6-9H2,1-5H3. The molecule has 1 rings (SSSR count). The maximum Gasteiger partial charge on any atom is -0.0272 e. The summed E-state index contributed by atoms with van der Waals surface area (Å²) in [6, 6.07) is 0. The second-order valence-corrected chi connectivity index (χ2v) is 5.84. The quantitative estimate of drug-likeness (QED) is 0.590. The van der Waals surface area contributed by atoms with Gasteiger partial charge in [0.15, 0.2) is 0 Å². The maximum atomic E-state index is 2.52. The highest BCUT2D eigenvalue weighted by Crippen LogP contribution is 2.48. The van der Waals surface area contributed by atoms with E-state index in [1.54, 1.807) is 0 Å². The third-order valence-electron chi connectivity index (χ3n) is 4.37. The molecule has 1 fully saturated rings. The van der Waals surface area contributed by atoms with Gasteiger partial charge in [-0.05, 0) is 29.6 Å². The minimum atomic E-state index is 0.617. The van der Waals surface area contributed by atoms with Crippen LogP contribution in [0.5, 0.6) is 0 Å². The summed E-state index contributed by atoms with van der Waals surface area (Å²) in [5.74, 6) is 2.71. The van der Waals surface area contributed by atoms with Gasteiger partial charge in [0, 0.05) is 0 Å². The molecule has 1 aliphatic rings. The summed E-state index contributed by atoms with van der Waals surface area (Å²) in [4.78, 5) is 0. The van der Waals surface area contributed by atoms with Crippen LogP contribution in [0.4, 0.5) is 0 Å². The largest absolute Gasteiger partial charge is 0.0628 e. The summed E-state index contributed by atoms with van der Waals surface area (Å²) in [5, 5.41) is 0. The van der Waals surface area contributed by atoms with E-state index in [4.69, 9.17) is 0 Å². The SMILES string of the molecule is CC(C)CC1(C)C(C)CCCC1C. The zero-order chi connectivity index (χ0) is 10.1. The second-order valence-electron chi connectivity index (χ2n) is 5.84. The van der Waals surface area contributed by atoms with Crippen molar-refractivity contribution in [3.05, 3.63) is 0 Å². The molecule has 0 heteroatoms. The van der Waals surface area contributed by atoms with Gasteiger partial charge in [-0.1, -0.05) is 53.9 Å². The molecule has 0 amide bonds. The smallest absolute Gasteiger partial charge is 0.0272 e. The molecule has 2 atom stereocenters. The van der Waals surface area contributed by atoms with E-state index in [0.717, 1.165) is 17.8 Å². The monoisotopic (exact) mass is 182 g/mol. The highest BCUT2D eigenvalue weighted by atomic mass is 14.4. The average Bonchev–Trinajstić information content (AvgIpc) is 1.99. The number of hydrogen-bond acceptors (Lipinski definition) is 0. The molecular formula is C13H26. The lowest BCUT2D eigenvalue weighted by Gasteiger charge is -2.46. The van der Waals surface area contributed by atoms with Gasteiger partial charge in [0.05, 0.1) is 0 Å². The van der Waals surface area contributed by atoms with Crippen LogP contribution >= 0.6 is 0 Å². The summed E-state index contributed by atoms with van der Waals surface area (Å²) in [6.45, 7) is 12.1. The zero-order valence-electron chi connectivity index (χ0n) is 10.1. The molecule has 2 unspecified atom stereocenters. The topological polar surface area (TPSA) is 0 Å². The molecule has 0 aromatic heterocycles. The van der Waals surface area contributed by atoms with Crippen LogP contribution in [-0.4, -0.2) is 0 Å². The predicted molar refractivity (Wildman–Crippen MR) is 59.7 cm³/mol. The van der Waals surface area contributed by atoms with Gasteiger partial charge in [-0.25, -0.2) is 0 Å². The van der Waals surface area contributed by atoms with E-state index in [1.165, 1.54) is 25.7 Å². The van der Waals surface area contributed by atoms with Crippen molar-refractivity contribution in [1.82, 2.24) is 0 Å². The normalized spacial score (nSPS) is 41.1. The second kappa shape index (κ2) is 4.02. The van der Waals surface area contributed by atoms with Gasteiger partial charge in [0.25, 0.3) is 0 Å². The molecule has 0 saturated heterocycles. The molecule has 1 aliphatic carbocycles. The van der Waals surface area contributed by atoms with Crippen molar-refractivity contribution in [2.24, 2.45) is 23.2 Å². The first-order valence-electron chi connectivity index (χ1n) is 5.97. The molecule has 0 bridgehead atoms. The van der Waals surface area contributed by atoms with E-state index in [1.807, 2.05) is 0 Å². The van der Waals surface area contributed by atoms with Crippen molar-refractivity contribution in [2.45, 2.75) is 60.3 Å².